The van der Waals surface area contributed by atoms with E-state index in [4.69, 9.17) is 30.5 Å². The molecule has 39 heavy (non-hydrogen) atoms. The van der Waals surface area contributed by atoms with Crippen molar-refractivity contribution in [2.45, 2.75) is 44.6 Å². The van der Waals surface area contributed by atoms with E-state index in [0.29, 0.717) is 59.3 Å². The lowest BCUT2D eigenvalue weighted by Crippen LogP contribution is -2.38. The lowest BCUT2D eigenvalue weighted by atomic mass is 9.78. The Balaban J connectivity index is 1.51. The van der Waals surface area contributed by atoms with Gasteiger partial charge in [0.2, 0.25) is 0 Å². The van der Waals surface area contributed by atoms with Crippen LogP contribution >= 0.6 is 22.9 Å². The number of benzene rings is 1. The van der Waals surface area contributed by atoms with Crippen LogP contribution in [-0.2, 0) is 14.3 Å². The molecule has 5 rings (SSSR count). The lowest BCUT2D eigenvalue weighted by molar-refractivity contribution is -0.139. The molecule has 0 spiro atoms. The summed E-state index contributed by atoms with van der Waals surface area (Å²) in [5, 5.41) is 5.74. The minimum atomic E-state index is -0.880. The molecule has 1 fully saturated rings. The van der Waals surface area contributed by atoms with Crippen LogP contribution in [0.25, 0.3) is 0 Å². The fourth-order valence-corrected chi connectivity index (χ4v) is 5.85. The quantitative estimate of drug-likeness (QED) is 0.364. The number of oxazole rings is 1. The predicted molar refractivity (Wildman–Crippen MR) is 142 cm³/mol. The van der Waals surface area contributed by atoms with Crippen molar-refractivity contribution in [3.63, 3.8) is 0 Å². The molecule has 2 aromatic heterocycles. The number of hydrogen-bond acceptors (Lipinski definition) is 10. The molecule has 3 aromatic rings. The summed E-state index contributed by atoms with van der Waals surface area (Å²) in [6.45, 7) is 1.90. The lowest BCUT2D eigenvalue weighted by Gasteiger charge is -2.34. The molecule has 1 atom stereocenters. The van der Waals surface area contributed by atoms with Crippen LogP contribution in [-0.4, -0.2) is 41.5 Å². The highest BCUT2D eigenvalue weighted by Gasteiger charge is 2.38. The number of amidine groups is 1. The van der Waals surface area contributed by atoms with Gasteiger partial charge in [0.1, 0.15) is 18.1 Å². The number of thiazole rings is 1. The van der Waals surface area contributed by atoms with Crippen molar-refractivity contribution in [3.8, 4) is 0 Å². The monoisotopic (exact) mass is 572 g/mol. The molecule has 204 valence electrons. The summed E-state index contributed by atoms with van der Waals surface area (Å²) in [5.74, 6) is -0.765. The number of esters is 2. The highest BCUT2D eigenvalue weighted by molar-refractivity contribution is 7.11. The van der Waals surface area contributed by atoms with Crippen LogP contribution in [0.5, 0.6) is 0 Å². The molecule has 2 aliphatic rings. The van der Waals surface area contributed by atoms with Crippen molar-refractivity contribution < 1.29 is 27.9 Å². The zero-order valence-corrected chi connectivity index (χ0v) is 22.9. The topological polar surface area (TPSA) is 116 Å². The van der Waals surface area contributed by atoms with E-state index in [9.17, 15) is 14.0 Å². The summed E-state index contributed by atoms with van der Waals surface area (Å²) in [4.78, 5) is 38.7. The Bertz CT molecular complexity index is 1430. The average molecular weight is 573 g/mol. The maximum absolute atomic E-state index is 14.5. The van der Waals surface area contributed by atoms with Gasteiger partial charge in [-0.3, -0.25) is 4.99 Å². The molecule has 1 aliphatic heterocycles. The van der Waals surface area contributed by atoms with Crippen molar-refractivity contribution in [3.05, 3.63) is 80.3 Å². The van der Waals surface area contributed by atoms with Crippen molar-refractivity contribution in [1.29, 1.82) is 0 Å². The third-order valence-electron chi connectivity index (χ3n) is 6.88. The van der Waals surface area contributed by atoms with E-state index in [-0.39, 0.29) is 29.2 Å². The number of hydrogen-bond donors (Lipinski definition) is 1. The second-order valence-corrected chi connectivity index (χ2v) is 10.4. The third kappa shape index (κ3) is 5.46. The molecule has 0 radical (unpaired) electrons. The number of carbonyl (C=O) groups excluding carboxylic acids is 2. The Hall–Kier alpha value is -3.57. The summed E-state index contributed by atoms with van der Waals surface area (Å²) < 4.78 is 30.3. The predicted octanol–water partition coefficient (Wildman–Crippen LogP) is 5.59. The Labute approximate surface area is 233 Å². The number of nitrogens with one attached hydrogen (secondary N) is 1. The Kier molecular flexibility index (Phi) is 8.08. The normalized spacial score (nSPS) is 21.2. The van der Waals surface area contributed by atoms with E-state index in [2.05, 4.69) is 15.3 Å². The first kappa shape index (κ1) is 27.0. The van der Waals surface area contributed by atoms with Crippen molar-refractivity contribution in [2.24, 2.45) is 10.9 Å². The summed E-state index contributed by atoms with van der Waals surface area (Å²) in [7, 11) is 1.29. The van der Waals surface area contributed by atoms with E-state index in [1.807, 2.05) is 5.38 Å². The standard InChI is InChI=1S/C27H26ClFN4O5S/c1-3-37-27(35)19-21(14-7-9-15(10-8-14)24-31-18(13-38-24)26(34)36-2)32-23(25-30-11-12-39-25)33-22(19)16-5-4-6-17(29)20(16)28/h4-6,11-15,22H,3,7-10H2,1-2H3,(H,32,33). The van der Waals surface area contributed by atoms with Gasteiger partial charge < -0.3 is 19.2 Å². The molecule has 0 bridgehead atoms. The van der Waals surface area contributed by atoms with Gasteiger partial charge in [-0.1, -0.05) is 23.7 Å². The van der Waals surface area contributed by atoms with Gasteiger partial charge in [0.05, 0.1) is 24.3 Å². The first-order chi connectivity index (χ1) is 18.9. The van der Waals surface area contributed by atoms with Crippen molar-refractivity contribution in [1.82, 2.24) is 15.3 Å². The highest BCUT2D eigenvalue weighted by atomic mass is 35.5. The first-order valence-corrected chi connectivity index (χ1v) is 13.8. The molecule has 1 saturated carbocycles. The molecule has 1 aliphatic carbocycles. The number of carbonyl (C=O) groups is 2. The number of allylic oxidation sites excluding steroid dienone is 1. The van der Waals surface area contributed by atoms with Gasteiger partial charge in [-0.05, 0) is 44.6 Å². The van der Waals surface area contributed by atoms with Gasteiger partial charge in [0, 0.05) is 28.8 Å². The smallest absolute Gasteiger partial charge is 0.360 e. The van der Waals surface area contributed by atoms with E-state index in [1.54, 1.807) is 25.3 Å². The van der Waals surface area contributed by atoms with Gasteiger partial charge in [0.25, 0.3) is 0 Å². The molecule has 1 N–H and O–H groups in total. The number of nitrogens with zero attached hydrogens (tertiary/aromatic N) is 3. The van der Waals surface area contributed by atoms with Crippen molar-refractivity contribution in [2.75, 3.05) is 13.7 Å². The van der Waals surface area contributed by atoms with E-state index in [0.717, 1.165) is 0 Å². The maximum atomic E-state index is 14.5. The molecule has 0 amide bonds. The number of methoxy groups -OCH3 is 1. The second kappa shape index (κ2) is 11.7. The second-order valence-electron chi connectivity index (χ2n) is 9.14. The molecule has 1 aromatic carbocycles. The Morgan fingerprint density at radius 1 is 1.21 bits per heavy atom. The molecule has 12 heteroatoms. The number of ether oxygens (including phenoxy) is 2. The summed E-state index contributed by atoms with van der Waals surface area (Å²) >= 11 is 7.80. The molecular formula is C27H26ClFN4O5S. The number of aromatic nitrogens is 2. The summed E-state index contributed by atoms with van der Waals surface area (Å²) in [6, 6.07) is 3.60. The molecule has 0 saturated heterocycles. The van der Waals surface area contributed by atoms with Crippen molar-refractivity contribution >= 4 is 40.7 Å². The van der Waals surface area contributed by atoms with Crippen LogP contribution in [0.2, 0.25) is 5.02 Å². The van der Waals surface area contributed by atoms with Crippen LogP contribution in [0, 0.1) is 11.7 Å². The molecule has 1 unspecified atom stereocenters. The Morgan fingerprint density at radius 2 is 1.97 bits per heavy atom. The molecule has 9 nitrogen and oxygen atoms in total. The van der Waals surface area contributed by atoms with E-state index >= 15 is 0 Å². The van der Waals surface area contributed by atoms with E-state index < -0.39 is 23.8 Å². The van der Waals surface area contributed by atoms with E-state index in [1.165, 1.54) is 30.8 Å². The molecule has 3 heterocycles. The van der Waals surface area contributed by atoms with Crippen LogP contribution in [0.1, 0.15) is 71.5 Å². The summed E-state index contributed by atoms with van der Waals surface area (Å²) in [6.07, 6.45) is 5.79. The Morgan fingerprint density at radius 3 is 2.67 bits per heavy atom. The fourth-order valence-electron chi connectivity index (χ4n) is 5.03. The fraction of sp³-hybridized carbons (Fsp3) is 0.370. The van der Waals surface area contributed by atoms with Crippen LogP contribution < -0.4 is 5.32 Å². The summed E-state index contributed by atoms with van der Waals surface area (Å²) in [5.41, 5.74) is 1.48. The SMILES string of the molecule is CCOC(=O)C1=C(C2CCC(c3nc(C(=O)OC)co3)CC2)NC(c2nccs2)=NC1c1cccc(F)c1Cl. The first-order valence-electron chi connectivity index (χ1n) is 12.5. The number of aliphatic imine (C=N–C) groups is 1. The van der Waals surface area contributed by atoms with Gasteiger partial charge in [-0.2, -0.15) is 0 Å². The highest BCUT2D eigenvalue weighted by Crippen LogP contribution is 2.44. The number of rotatable bonds is 7. The maximum Gasteiger partial charge on any atom is 0.360 e. The van der Waals surface area contributed by atoms with Gasteiger partial charge in [-0.25, -0.2) is 23.9 Å². The number of halogens is 2. The van der Waals surface area contributed by atoms with Gasteiger partial charge in [-0.15, -0.1) is 11.3 Å². The van der Waals surface area contributed by atoms with Gasteiger partial charge >= 0.3 is 11.9 Å². The zero-order valence-electron chi connectivity index (χ0n) is 21.3. The molecular weight excluding hydrogens is 547 g/mol. The largest absolute Gasteiger partial charge is 0.464 e. The third-order valence-corrected chi connectivity index (χ3v) is 8.06. The zero-order chi connectivity index (χ0) is 27.5. The average Bonchev–Trinajstić information content (AvgIpc) is 3.67. The minimum absolute atomic E-state index is 0.00968. The van der Waals surface area contributed by atoms with Crippen LogP contribution in [0.3, 0.4) is 0 Å². The van der Waals surface area contributed by atoms with Gasteiger partial charge in [0.15, 0.2) is 22.4 Å². The minimum Gasteiger partial charge on any atom is -0.464 e. The van der Waals surface area contributed by atoms with Crippen LogP contribution in [0.15, 0.2) is 56.7 Å². The van der Waals surface area contributed by atoms with Crippen LogP contribution in [0.4, 0.5) is 4.39 Å².